The molecule has 0 spiro atoms. The number of aliphatic hydroxyl groups excluding tert-OH is 1. The van der Waals surface area contributed by atoms with Crippen molar-refractivity contribution in [1.82, 2.24) is 19.1 Å². The van der Waals surface area contributed by atoms with Crippen molar-refractivity contribution in [2.75, 3.05) is 11.0 Å². The van der Waals surface area contributed by atoms with Crippen LogP contribution in [-0.2, 0) is 28.5 Å². The van der Waals surface area contributed by atoms with Gasteiger partial charge in [-0.05, 0) is 0 Å². The second kappa shape index (κ2) is 13.1. The van der Waals surface area contributed by atoms with Gasteiger partial charge in [-0.2, -0.15) is 0 Å². The Morgan fingerprint density at radius 3 is 1.68 bits per heavy atom. The Hall–Kier alpha value is -3.09. The molecule has 0 amide bonds. The van der Waals surface area contributed by atoms with E-state index in [1.165, 1.54) is 47.5 Å². The molecule has 2 fully saturated rings. The fourth-order valence-corrected chi connectivity index (χ4v) is 4.80. The van der Waals surface area contributed by atoms with Crippen LogP contribution in [0.3, 0.4) is 0 Å². The molecule has 2 aliphatic rings. The molecular formula is C22H27IN4O11. The zero-order chi connectivity index (χ0) is 28.0. The SMILES string of the molecule is CC(=O)OC1C[C@H](n2ccc(=O)[nH]c2=O)O[C@@H]1CI.CC(=O)OC1C[C@H](n2ccc(=O)[nH]c2=O)O[C@@H]1CO. The van der Waals surface area contributed by atoms with Gasteiger partial charge in [-0.25, -0.2) is 9.59 Å². The van der Waals surface area contributed by atoms with Crippen molar-refractivity contribution in [3.8, 4) is 0 Å². The lowest BCUT2D eigenvalue weighted by atomic mass is 10.2. The average molecular weight is 650 g/mol. The Morgan fingerprint density at radius 2 is 1.32 bits per heavy atom. The molecule has 6 atom stereocenters. The van der Waals surface area contributed by atoms with Crippen molar-refractivity contribution in [3.05, 3.63) is 66.2 Å². The summed E-state index contributed by atoms with van der Waals surface area (Å²) >= 11 is 2.13. The van der Waals surface area contributed by atoms with Gasteiger partial charge in [0.2, 0.25) is 0 Å². The summed E-state index contributed by atoms with van der Waals surface area (Å²) in [6.07, 6.45) is 0.142. The van der Waals surface area contributed by atoms with Crippen molar-refractivity contribution in [1.29, 1.82) is 0 Å². The normalized spacial score (nSPS) is 26.3. The number of hydrogen-bond donors (Lipinski definition) is 3. The van der Waals surface area contributed by atoms with Gasteiger partial charge in [0, 0.05) is 55.6 Å². The van der Waals surface area contributed by atoms with Gasteiger partial charge < -0.3 is 24.1 Å². The Bertz CT molecular complexity index is 1260. The van der Waals surface area contributed by atoms with Gasteiger partial charge in [-0.1, -0.05) is 22.6 Å². The molecule has 2 aromatic heterocycles. The van der Waals surface area contributed by atoms with Crippen LogP contribution in [-0.4, -0.2) is 71.6 Å². The molecule has 4 rings (SSSR count). The topological polar surface area (TPSA) is 201 Å². The van der Waals surface area contributed by atoms with Crippen LogP contribution in [0.25, 0.3) is 0 Å². The summed E-state index contributed by atoms with van der Waals surface area (Å²) in [6, 6.07) is 2.45. The number of aromatic nitrogens is 4. The first kappa shape index (κ1) is 29.5. The van der Waals surface area contributed by atoms with E-state index in [1.54, 1.807) is 0 Å². The molecule has 208 valence electrons. The largest absolute Gasteiger partial charge is 0.460 e. The summed E-state index contributed by atoms with van der Waals surface area (Å²) in [7, 11) is 0. The van der Waals surface area contributed by atoms with Crippen LogP contribution in [0.1, 0.15) is 39.1 Å². The molecule has 16 heteroatoms. The number of nitrogens with zero attached hydrogens (tertiary/aromatic N) is 2. The van der Waals surface area contributed by atoms with E-state index in [1.807, 2.05) is 0 Å². The third-order valence-corrected chi connectivity index (χ3v) is 6.52. The highest BCUT2D eigenvalue weighted by Crippen LogP contribution is 2.31. The Morgan fingerprint density at radius 1 is 0.895 bits per heavy atom. The third kappa shape index (κ3) is 7.49. The summed E-state index contributed by atoms with van der Waals surface area (Å²) in [6.45, 7) is 2.27. The number of aromatic amines is 2. The highest BCUT2D eigenvalue weighted by molar-refractivity contribution is 14.1. The number of H-pyrrole nitrogens is 2. The minimum atomic E-state index is -0.689. The number of nitrogens with one attached hydrogen (secondary N) is 2. The van der Waals surface area contributed by atoms with E-state index >= 15 is 0 Å². The molecule has 38 heavy (non-hydrogen) atoms. The second-order valence-electron chi connectivity index (χ2n) is 8.40. The monoisotopic (exact) mass is 650 g/mol. The van der Waals surface area contributed by atoms with Crippen LogP contribution in [0.4, 0.5) is 0 Å². The van der Waals surface area contributed by atoms with Gasteiger partial charge in [0.15, 0.2) is 0 Å². The lowest BCUT2D eigenvalue weighted by Crippen LogP contribution is -2.31. The first-order valence-corrected chi connectivity index (χ1v) is 13.0. The van der Waals surface area contributed by atoms with E-state index in [-0.39, 0.29) is 31.2 Å². The van der Waals surface area contributed by atoms with Crippen LogP contribution in [0.5, 0.6) is 0 Å². The Labute approximate surface area is 227 Å². The van der Waals surface area contributed by atoms with Crippen molar-refractivity contribution < 1.29 is 33.6 Å². The lowest BCUT2D eigenvalue weighted by molar-refractivity contribution is -0.150. The molecule has 0 saturated carbocycles. The molecule has 2 saturated heterocycles. The first-order chi connectivity index (χ1) is 18.0. The van der Waals surface area contributed by atoms with Crippen LogP contribution in [0.2, 0.25) is 0 Å². The summed E-state index contributed by atoms with van der Waals surface area (Å²) in [5.41, 5.74) is -2.11. The lowest BCUT2D eigenvalue weighted by Gasteiger charge is -2.15. The maximum Gasteiger partial charge on any atom is 0.330 e. The smallest absolute Gasteiger partial charge is 0.330 e. The molecule has 15 nitrogen and oxygen atoms in total. The molecule has 0 aliphatic carbocycles. The van der Waals surface area contributed by atoms with Crippen LogP contribution < -0.4 is 22.5 Å². The van der Waals surface area contributed by atoms with Crippen LogP contribution >= 0.6 is 22.6 Å². The number of carbonyl (C=O) groups excluding carboxylic acids is 2. The third-order valence-electron chi connectivity index (χ3n) is 5.65. The predicted octanol–water partition coefficient (Wildman–Crippen LogP) is -1.06. The van der Waals surface area contributed by atoms with Crippen LogP contribution in [0.15, 0.2) is 43.7 Å². The number of ether oxygens (including phenoxy) is 4. The molecule has 3 N–H and O–H groups in total. The molecule has 2 aliphatic heterocycles. The minimum absolute atomic E-state index is 0.233. The van der Waals surface area contributed by atoms with E-state index < -0.39 is 53.1 Å². The quantitative estimate of drug-likeness (QED) is 0.196. The minimum Gasteiger partial charge on any atom is -0.460 e. The number of esters is 2. The van der Waals surface area contributed by atoms with E-state index in [4.69, 9.17) is 24.1 Å². The zero-order valence-corrected chi connectivity index (χ0v) is 22.6. The summed E-state index contributed by atoms with van der Waals surface area (Å²) in [5.74, 6) is -0.862. The Balaban J connectivity index is 0.000000211. The molecule has 4 heterocycles. The molecular weight excluding hydrogens is 623 g/mol. The van der Waals surface area contributed by atoms with E-state index in [0.29, 0.717) is 10.8 Å². The summed E-state index contributed by atoms with van der Waals surface area (Å²) < 4.78 is 24.5. The summed E-state index contributed by atoms with van der Waals surface area (Å²) in [5, 5.41) is 9.17. The average Bonchev–Trinajstić information content (AvgIpc) is 3.42. The van der Waals surface area contributed by atoms with Crippen LogP contribution in [0, 0.1) is 0 Å². The maximum atomic E-state index is 11.7. The highest BCUT2D eigenvalue weighted by atomic mass is 127. The van der Waals surface area contributed by atoms with Crippen molar-refractivity contribution in [3.63, 3.8) is 0 Å². The number of rotatable bonds is 6. The summed E-state index contributed by atoms with van der Waals surface area (Å²) in [4.78, 5) is 71.5. The zero-order valence-electron chi connectivity index (χ0n) is 20.4. The van der Waals surface area contributed by atoms with Gasteiger partial charge in [0.1, 0.15) is 36.9 Å². The number of aliphatic hydroxyl groups is 1. The maximum absolute atomic E-state index is 11.7. The van der Waals surface area contributed by atoms with E-state index in [9.17, 15) is 28.8 Å². The van der Waals surface area contributed by atoms with E-state index in [0.717, 1.165) is 0 Å². The standard InChI is InChI=1S/C11H13IN2O5.C11H14N2O6/c1-6(15)18-7-4-10(19-8(7)5-12)14-3-2-9(16)13-11(14)17;1-6(15)18-7-4-10(19-8(7)5-14)13-3-2-9(16)12-11(13)17/h2-3,7-8,10H,4-5H2,1H3,(H,13,16,17);2-3,7-8,10,14H,4-5H2,1H3,(H,12,16,17)/t2*7?,8-,10-/m11/s1. The molecule has 0 bridgehead atoms. The predicted molar refractivity (Wildman–Crippen MR) is 137 cm³/mol. The van der Waals surface area contributed by atoms with E-state index in [2.05, 4.69) is 32.6 Å². The Kier molecular flexibility index (Phi) is 10.2. The van der Waals surface area contributed by atoms with Crippen molar-refractivity contribution in [2.24, 2.45) is 0 Å². The van der Waals surface area contributed by atoms with Crippen molar-refractivity contribution >= 4 is 34.5 Å². The number of carbonyl (C=O) groups is 2. The van der Waals surface area contributed by atoms with Gasteiger partial charge in [0.05, 0.1) is 6.61 Å². The first-order valence-electron chi connectivity index (χ1n) is 11.5. The number of alkyl halides is 1. The molecule has 0 aromatic carbocycles. The molecule has 0 radical (unpaired) electrons. The molecule has 2 unspecified atom stereocenters. The number of hydrogen-bond acceptors (Lipinski definition) is 11. The second-order valence-corrected chi connectivity index (χ2v) is 9.28. The van der Waals surface area contributed by atoms with Gasteiger partial charge in [0.25, 0.3) is 11.1 Å². The fraction of sp³-hybridized carbons (Fsp3) is 0.545. The molecule has 2 aromatic rings. The van der Waals surface area contributed by atoms with Crippen molar-refractivity contribution in [2.45, 2.75) is 63.6 Å². The van der Waals surface area contributed by atoms with Gasteiger partial charge in [-0.15, -0.1) is 0 Å². The van der Waals surface area contributed by atoms with Gasteiger partial charge >= 0.3 is 23.3 Å². The number of halogens is 1. The fourth-order valence-electron chi connectivity index (χ4n) is 4.03. The highest BCUT2D eigenvalue weighted by Gasteiger charge is 2.39. The van der Waals surface area contributed by atoms with Gasteiger partial charge in [-0.3, -0.25) is 38.3 Å².